The predicted octanol–water partition coefficient (Wildman–Crippen LogP) is 10.7. The van der Waals surface area contributed by atoms with Gasteiger partial charge in [0.25, 0.3) is 12.9 Å². The summed E-state index contributed by atoms with van der Waals surface area (Å²) in [6.07, 6.45) is -5.52. The molecule has 0 aliphatic carbocycles. The Balaban J connectivity index is 0.000000194. The van der Waals surface area contributed by atoms with Crippen LogP contribution in [-0.2, 0) is 54.2 Å². The number of ether oxygens (including phenoxy) is 8. The van der Waals surface area contributed by atoms with Gasteiger partial charge >= 0.3 is 11.9 Å². The number of fused-ring (bicyclic) bond motifs is 6. The first-order valence-corrected chi connectivity index (χ1v) is 25.2. The fourth-order valence-corrected chi connectivity index (χ4v) is 9.73. The first-order valence-electron chi connectivity index (χ1n) is 24.5. The highest BCUT2D eigenvalue weighted by Crippen LogP contribution is 2.49. The summed E-state index contributed by atoms with van der Waals surface area (Å²) >= 11 is 12.8. The van der Waals surface area contributed by atoms with Crippen LogP contribution in [0.4, 0.5) is 17.6 Å². The maximum Gasteiger partial charge on any atom is 0.305 e. The molecule has 0 bridgehead atoms. The van der Waals surface area contributed by atoms with Crippen molar-refractivity contribution in [2.45, 2.75) is 75.8 Å². The van der Waals surface area contributed by atoms with Crippen LogP contribution < -0.4 is 18.9 Å². The van der Waals surface area contributed by atoms with E-state index in [9.17, 15) is 27.2 Å². The Labute approximate surface area is 463 Å². The average molecular weight is 1150 g/mol. The topological polar surface area (TPSA) is 221 Å². The molecule has 0 saturated heterocycles. The lowest BCUT2D eigenvalue weighted by Gasteiger charge is -2.24. The van der Waals surface area contributed by atoms with Crippen LogP contribution in [0.15, 0.2) is 94.0 Å². The van der Waals surface area contributed by atoms with Crippen molar-refractivity contribution < 1.29 is 73.9 Å². The lowest BCUT2D eigenvalue weighted by atomic mass is 9.98. The number of carbonyl (C=O) groups excluding carboxylic acids is 2. The number of esters is 2. The van der Waals surface area contributed by atoms with Crippen LogP contribution in [0.1, 0.15) is 119 Å². The van der Waals surface area contributed by atoms with Crippen molar-refractivity contribution in [3.63, 3.8) is 0 Å². The minimum absolute atomic E-state index is 0.0318. The quantitative estimate of drug-likeness (QED) is 0.0575. The van der Waals surface area contributed by atoms with E-state index in [1.54, 1.807) is 72.8 Å². The van der Waals surface area contributed by atoms with E-state index < -0.39 is 48.9 Å². The van der Waals surface area contributed by atoms with E-state index in [2.05, 4.69) is 39.8 Å². The monoisotopic (exact) mass is 1150 g/mol. The normalized spacial score (nSPS) is 16.3. The maximum absolute atomic E-state index is 14.2. The molecule has 0 N–H and O–H groups in total. The number of alkyl halides is 4. The molecule has 20 nitrogen and oxygen atoms in total. The molecular formula is C54H50Cl2F4N8O12. The van der Waals surface area contributed by atoms with E-state index in [0.717, 1.165) is 0 Å². The van der Waals surface area contributed by atoms with Crippen LogP contribution in [0.25, 0.3) is 11.4 Å². The zero-order valence-electron chi connectivity index (χ0n) is 43.5. The number of aryl methyl sites for hydroxylation is 2. The van der Waals surface area contributed by atoms with Gasteiger partial charge in [0, 0.05) is 45.1 Å². The van der Waals surface area contributed by atoms with Gasteiger partial charge in [0.05, 0.1) is 92.1 Å². The number of oxazole rings is 2. The first kappa shape index (κ1) is 56.7. The Bertz CT molecular complexity index is 3270. The zero-order valence-corrected chi connectivity index (χ0v) is 45.0. The lowest BCUT2D eigenvalue weighted by Crippen LogP contribution is -2.15. The highest BCUT2D eigenvalue weighted by Gasteiger charge is 2.40. The molecule has 8 aromatic rings. The van der Waals surface area contributed by atoms with Crippen molar-refractivity contribution in [2.24, 2.45) is 0 Å². The number of para-hydroxylation sites is 2. The van der Waals surface area contributed by atoms with Crippen LogP contribution in [0.5, 0.6) is 23.0 Å². The smallest absolute Gasteiger partial charge is 0.305 e. The Kier molecular flexibility index (Phi) is 17.7. The second-order valence-electron chi connectivity index (χ2n) is 17.7. The minimum Gasteiger partial charge on any atom is -0.493 e. The van der Waals surface area contributed by atoms with Gasteiger partial charge in [-0.15, -0.1) is 20.4 Å². The first-order chi connectivity index (χ1) is 38.7. The molecule has 0 fully saturated rings. The van der Waals surface area contributed by atoms with Crippen molar-refractivity contribution in [2.75, 3.05) is 42.7 Å². The molecule has 26 heteroatoms. The SMILES string of the molecule is COC(=O)CCc1cnc(C[C@@H]2O[C@@H](c3cccc(OC)c3OC)c3cc(Cl)ccc3-n3c(C(F)F)nnc32)o1.COC(=O)CCc1cnc(C[C@H]2O[C@H](c3cccc(OC)c3OC)c3cc(Cl)ccc3-n3c(C(F)F)nnc32)o1. The predicted molar refractivity (Wildman–Crippen MR) is 274 cm³/mol. The van der Waals surface area contributed by atoms with Gasteiger partial charge in [-0.3, -0.25) is 18.7 Å². The van der Waals surface area contributed by atoms with Gasteiger partial charge in [-0.05, 0) is 48.5 Å². The summed E-state index contributed by atoms with van der Waals surface area (Å²) in [5, 5.41) is 16.5. The molecule has 0 spiro atoms. The molecule has 4 atom stereocenters. The van der Waals surface area contributed by atoms with E-state index in [0.29, 0.717) is 78.2 Å². The molecule has 0 radical (unpaired) electrons. The molecular weight excluding hydrogens is 1100 g/mol. The van der Waals surface area contributed by atoms with Crippen molar-refractivity contribution in [3.8, 4) is 34.4 Å². The van der Waals surface area contributed by atoms with Gasteiger partial charge in [0.1, 0.15) is 35.9 Å². The number of hydrogen-bond acceptors (Lipinski definition) is 18. The molecule has 2 aliphatic rings. The van der Waals surface area contributed by atoms with E-state index in [1.807, 2.05) is 0 Å². The van der Waals surface area contributed by atoms with E-state index in [1.165, 1.54) is 64.2 Å². The fraction of sp³-hybridized carbons (Fsp3) is 0.333. The summed E-state index contributed by atoms with van der Waals surface area (Å²) in [6.45, 7) is 0. The van der Waals surface area contributed by atoms with Crippen LogP contribution in [0.2, 0.25) is 10.0 Å². The lowest BCUT2D eigenvalue weighted by molar-refractivity contribution is -0.141. The van der Waals surface area contributed by atoms with E-state index in [4.69, 9.17) is 60.5 Å². The summed E-state index contributed by atoms with van der Waals surface area (Å²) in [6, 6.07) is 20.4. The van der Waals surface area contributed by atoms with Crippen LogP contribution >= 0.6 is 23.2 Å². The number of benzene rings is 4. The molecule has 0 unspecified atom stereocenters. The van der Waals surface area contributed by atoms with Crippen molar-refractivity contribution >= 4 is 35.1 Å². The third-order valence-corrected chi connectivity index (χ3v) is 13.5. The number of methoxy groups -OCH3 is 6. The van der Waals surface area contributed by atoms with Gasteiger partial charge in [-0.2, -0.15) is 0 Å². The standard InChI is InChI=1S/2C27H25ClF2N4O6/c2*1-36-19-6-4-5-16(24(19)38-3)23-17-11-14(28)7-9-18(17)34-26(32-33-27(34)25(29)30)20(40-23)12-21-31-13-15(39-21)8-10-22(35)37-2/h2*4-7,9,11,13,20,23,25H,8,10,12H2,1-3H3/t2*20-,23-/m10/s1. The molecule has 420 valence electrons. The van der Waals surface area contributed by atoms with E-state index >= 15 is 0 Å². The third-order valence-electron chi connectivity index (χ3n) is 13.0. The van der Waals surface area contributed by atoms with E-state index in [-0.39, 0.29) is 73.9 Å². The van der Waals surface area contributed by atoms with Crippen molar-refractivity contribution in [1.82, 2.24) is 39.5 Å². The number of nitrogens with zero attached hydrogens (tertiary/aromatic N) is 8. The maximum atomic E-state index is 14.2. The summed E-state index contributed by atoms with van der Waals surface area (Å²) in [7, 11) is 8.64. The highest BCUT2D eigenvalue weighted by molar-refractivity contribution is 6.31. The number of rotatable bonds is 18. The molecule has 10 rings (SSSR count). The molecule has 6 heterocycles. The van der Waals surface area contributed by atoms with Crippen LogP contribution in [0, 0.1) is 0 Å². The molecule has 2 aliphatic heterocycles. The summed E-state index contributed by atoms with van der Waals surface area (Å²) in [4.78, 5) is 31.7. The molecule has 4 aromatic heterocycles. The molecule has 0 amide bonds. The Morgan fingerprint density at radius 2 is 0.975 bits per heavy atom. The summed E-state index contributed by atoms with van der Waals surface area (Å²) in [5.41, 5.74) is 2.91. The Morgan fingerprint density at radius 3 is 1.34 bits per heavy atom. The van der Waals surface area contributed by atoms with Gasteiger partial charge < -0.3 is 46.7 Å². The highest BCUT2D eigenvalue weighted by atomic mass is 35.5. The van der Waals surface area contributed by atoms with Crippen LogP contribution in [0.3, 0.4) is 0 Å². The molecule has 80 heavy (non-hydrogen) atoms. The van der Waals surface area contributed by atoms with Gasteiger partial charge in [-0.25, -0.2) is 27.5 Å². The zero-order chi connectivity index (χ0) is 56.8. The Morgan fingerprint density at radius 1 is 0.562 bits per heavy atom. The van der Waals surface area contributed by atoms with Crippen LogP contribution in [-0.4, -0.2) is 94.1 Å². The average Bonchev–Trinajstić information content (AvgIpc) is 4.47. The number of hydrogen-bond donors (Lipinski definition) is 0. The number of halogens is 6. The minimum atomic E-state index is -2.92. The number of aromatic nitrogens is 8. The second-order valence-corrected chi connectivity index (χ2v) is 18.6. The third kappa shape index (κ3) is 11.8. The molecule has 4 aromatic carbocycles. The summed E-state index contributed by atoms with van der Waals surface area (Å²) in [5.74, 6) is 1.61. The second kappa shape index (κ2) is 24.9. The van der Waals surface area contributed by atoms with Gasteiger partial charge in [0.15, 0.2) is 46.4 Å². The van der Waals surface area contributed by atoms with Gasteiger partial charge in [-0.1, -0.05) is 47.5 Å². The summed E-state index contributed by atoms with van der Waals surface area (Å²) < 4.78 is 116. The Hall–Kier alpha value is -8.06. The number of carbonyl (C=O) groups is 2. The molecule has 0 saturated carbocycles. The van der Waals surface area contributed by atoms with Crippen molar-refractivity contribution in [3.05, 3.63) is 164 Å². The largest absolute Gasteiger partial charge is 0.493 e. The fourth-order valence-electron chi connectivity index (χ4n) is 9.37. The van der Waals surface area contributed by atoms with Crippen molar-refractivity contribution in [1.29, 1.82) is 0 Å². The van der Waals surface area contributed by atoms with Gasteiger partial charge in [0.2, 0.25) is 11.6 Å².